The third-order valence-electron chi connectivity index (χ3n) is 6.64. The molecular weight excluding hydrogens is 528 g/mol. The Balaban J connectivity index is 1.33. The number of thiazole rings is 1. The predicted molar refractivity (Wildman–Crippen MR) is 162 cm³/mol. The molecule has 0 radical (unpaired) electrons. The molecule has 1 heterocycles. The van der Waals surface area contributed by atoms with Crippen LogP contribution in [0.5, 0.6) is 11.5 Å². The Morgan fingerprint density at radius 3 is 2.28 bits per heavy atom. The molecule has 0 spiro atoms. The largest absolute Gasteiger partial charge is 0.488 e. The molecule has 0 aliphatic rings. The number of rotatable bonds is 20. The van der Waals surface area contributed by atoms with E-state index in [-0.39, 0.29) is 12.5 Å². The van der Waals surface area contributed by atoms with E-state index in [0.717, 1.165) is 30.6 Å². The van der Waals surface area contributed by atoms with Crippen LogP contribution in [0.15, 0.2) is 59.6 Å². The molecule has 1 aromatic heterocycles. The van der Waals surface area contributed by atoms with Gasteiger partial charge >= 0.3 is 0 Å². The zero-order valence-electron chi connectivity index (χ0n) is 23.3. The Hall–Kier alpha value is -2.57. The second-order valence-corrected chi connectivity index (χ2v) is 11.2. The number of halogens is 1. The van der Waals surface area contributed by atoms with Crippen molar-refractivity contribution in [3.8, 4) is 11.5 Å². The average molecular weight is 572 g/mol. The minimum Gasteiger partial charge on any atom is -0.488 e. The van der Waals surface area contributed by atoms with Crippen LogP contribution in [0.3, 0.4) is 0 Å². The van der Waals surface area contributed by atoms with Crippen LogP contribution in [0.1, 0.15) is 89.5 Å². The van der Waals surface area contributed by atoms with Gasteiger partial charge in [-0.2, -0.15) is 4.57 Å². The van der Waals surface area contributed by atoms with Crippen LogP contribution >= 0.6 is 22.9 Å². The molecule has 5 nitrogen and oxygen atoms in total. The minimum absolute atomic E-state index is 0.126. The van der Waals surface area contributed by atoms with Gasteiger partial charge in [-0.05, 0) is 30.7 Å². The van der Waals surface area contributed by atoms with Gasteiger partial charge in [0.2, 0.25) is 5.51 Å². The maximum absolute atomic E-state index is 12.6. The number of anilines is 1. The molecular formula is C32H44ClN2O3S+. The maximum atomic E-state index is 12.6. The summed E-state index contributed by atoms with van der Waals surface area (Å²) in [7, 11) is 0. The van der Waals surface area contributed by atoms with Crippen LogP contribution in [0.2, 0.25) is 5.02 Å². The number of benzene rings is 2. The molecule has 212 valence electrons. The number of unbranched alkanes of at least 4 members (excludes halogenated alkanes) is 11. The van der Waals surface area contributed by atoms with Crippen molar-refractivity contribution in [2.24, 2.45) is 0 Å². The topological polar surface area (TPSA) is 51.4 Å². The highest BCUT2D eigenvalue weighted by molar-refractivity contribution is 7.07. The number of carbonyl (C=O) groups is 1. The number of hydrogen-bond donors (Lipinski definition) is 1. The fraction of sp³-hybridized carbons (Fsp3) is 0.500. The Morgan fingerprint density at radius 2 is 1.59 bits per heavy atom. The van der Waals surface area contributed by atoms with Gasteiger partial charge in [-0.1, -0.05) is 119 Å². The van der Waals surface area contributed by atoms with Crippen molar-refractivity contribution >= 4 is 34.5 Å². The van der Waals surface area contributed by atoms with E-state index in [9.17, 15) is 4.79 Å². The lowest BCUT2D eigenvalue weighted by molar-refractivity contribution is -0.683. The molecule has 1 N–H and O–H groups in total. The van der Waals surface area contributed by atoms with Crippen molar-refractivity contribution < 1.29 is 18.8 Å². The average Bonchev–Trinajstić information content (AvgIpc) is 3.44. The number of ether oxygens (including phenoxy) is 2. The van der Waals surface area contributed by atoms with E-state index in [1.54, 1.807) is 29.5 Å². The summed E-state index contributed by atoms with van der Waals surface area (Å²) < 4.78 is 13.9. The lowest BCUT2D eigenvalue weighted by Gasteiger charge is -2.14. The van der Waals surface area contributed by atoms with E-state index < -0.39 is 0 Å². The molecule has 7 heteroatoms. The number of amides is 1. The molecule has 0 saturated carbocycles. The third kappa shape index (κ3) is 12.4. The van der Waals surface area contributed by atoms with Crippen molar-refractivity contribution in [3.05, 3.63) is 70.1 Å². The van der Waals surface area contributed by atoms with Gasteiger partial charge < -0.3 is 14.8 Å². The summed E-state index contributed by atoms with van der Waals surface area (Å²) in [6, 6.07) is 13.2. The van der Waals surface area contributed by atoms with Crippen molar-refractivity contribution in [2.45, 2.75) is 90.5 Å². The minimum atomic E-state index is -0.234. The Labute approximate surface area is 243 Å². The first kappa shape index (κ1) is 31.0. The summed E-state index contributed by atoms with van der Waals surface area (Å²) in [4.78, 5) is 12.6. The molecule has 0 bridgehead atoms. The molecule has 0 fully saturated rings. The van der Waals surface area contributed by atoms with E-state index in [0.29, 0.717) is 23.1 Å². The van der Waals surface area contributed by atoms with Gasteiger partial charge in [-0.25, -0.2) is 0 Å². The first-order chi connectivity index (χ1) is 19.2. The van der Waals surface area contributed by atoms with Crippen LogP contribution in [0.4, 0.5) is 5.69 Å². The van der Waals surface area contributed by atoms with Gasteiger partial charge in [0, 0.05) is 11.3 Å². The summed E-state index contributed by atoms with van der Waals surface area (Å²) >= 11 is 8.04. The first-order valence-corrected chi connectivity index (χ1v) is 15.8. The Kier molecular flexibility index (Phi) is 14.8. The second-order valence-electron chi connectivity index (χ2n) is 10.0. The molecule has 0 atom stereocenters. The van der Waals surface area contributed by atoms with Crippen molar-refractivity contribution in [1.82, 2.24) is 0 Å². The number of nitrogens with one attached hydrogen (secondary N) is 1. The van der Waals surface area contributed by atoms with Gasteiger partial charge in [0.05, 0.1) is 17.0 Å². The zero-order chi connectivity index (χ0) is 27.5. The summed E-state index contributed by atoms with van der Waals surface area (Å²) in [6.07, 6.45) is 17.6. The molecule has 0 unspecified atom stereocenters. The van der Waals surface area contributed by atoms with E-state index in [1.807, 2.05) is 35.8 Å². The lowest BCUT2D eigenvalue weighted by atomic mass is 10.1. The van der Waals surface area contributed by atoms with Crippen molar-refractivity contribution in [2.75, 3.05) is 18.5 Å². The summed E-state index contributed by atoms with van der Waals surface area (Å²) in [5.41, 5.74) is 3.91. The van der Waals surface area contributed by atoms with Crippen LogP contribution in [-0.4, -0.2) is 19.1 Å². The van der Waals surface area contributed by atoms with Gasteiger partial charge in [0.25, 0.3) is 5.91 Å². The summed E-state index contributed by atoms with van der Waals surface area (Å²) in [5.74, 6) is 0.756. The number of para-hydroxylation sites is 1. The molecule has 0 aliphatic heterocycles. The highest BCUT2D eigenvalue weighted by Crippen LogP contribution is 2.35. The number of hydrogen-bond acceptors (Lipinski definition) is 4. The fourth-order valence-electron chi connectivity index (χ4n) is 4.51. The Morgan fingerprint density at radius 1 is 0.897 bits per heavy atom. The van der Waals surface area contributed by atoms with Crippen molar-refractivity contribution in [1.29, 1.82) is 0 Å². The van der Waals surface area contributed by atoms with Gasteiger partial charge in [-0.3, -0.25) is 4.79 Å². The van der Waals surface area contributed by atoms with Crippen LogP contribution < -0.4 is 19.4 Å². The summed E-state index contributed by atoms with van der Waals surface area (Å²) in [6.45, 7) is 3.48. The smallest absolute Gasteiger partial charge is 0.262 e. The predicted octanol–water partition coefficient (Wildman–Crippen LogP) is 8.83. The van der Waals surface area contributed by atoms with Gasteiger partial charge in [0.15, 0.2) is 30.8 Å². The molecule has 39 heavy (non-hydrogen) atoms. The van der Waals surface area contributed by atoms with Crippen LogP contribution in [-0.2, 0) is 11.3 Å². The zero-order valence-corrected chi connectivity index (χ0v) is 24.9. The molecule has 0 aliphatic carbocycles. The number of nitrogens with zero attached hydrogens (tertiary/aromatic N) is 1. The van der Waals surface area contributed by atoms with E-state index in [2.05, 4.69) is 22.3 Å². The SMILES string of the molecule is CCCCCCCCCCCCCCOc1c(Cl)cccc1OCC(=O)Nc1cccc(C[n+]2ccsc2)c1. The van der Waals surface area contributed by atoms with Gasteiger partial charge in [0.1, 0.15) is 0 Å². The van der Waals surface area contributed by atoms with E-state index in [4.69, 9.17) is 21.1 Å². The number of carbonyl (C=O) groups excluding carboxylic acids is 1. The van der Waals surface area contributed by atoms with Crippen LogP contribution in [0.25, 0.3) is 0 Å². The molecule has 3 rings (SSSR count). The quantitative estimate of drug-likeness (QED) is 0.109. The van der Waals surface area contributed by atoms with E-state index in [1.165, 1.54) is 64.2 Å². The van der Waals surface area contributed by atoms with Crippen molar-refractivity contribution in [3.63, 3.8) is 0 Å². The van der Waals surface area contributed by atoms with Crippen LogP contribution in [0, 0.1) is 0 Å². The highest BCUT2D eigenvalue weighted by Gasteiger charge is 2.13. The normalized spacial score (nSPS) is 10.9. The maximum Gasteiger partial charge on any atom is 0.262 e. The monoisotopic (exact) mass is 571 g/mol. The first-order valence-electron chi connectivity index (χ1n) is 14.5. The number of aromatic nitrogens is 1. The van der Waals surface area contributed by atoms with E-state index >= 15 is 0 Å². The second kappa shape index (κ2) is 18.7. The fourth-order valence-corrected chi connectivity index (χ4v) is 5.33. The lowest BCUT2D eigenvalue weighted by Crippen LogP contribution is -2.30. The standard InChI is InChI=1S/C32H43ClN2O3S/c1-2-3-4-5-6-7-8-9-10-11-12-13-21-37-32-29(33)18-15-19-30(32)38-25-31(36)34-28-17-14-16-27(23-28)24-35-20-22-39-26-35/h14-20,22-23,26H,2-13,21,24-25H2,1H3/p+1. The van der Waals surface area contributed by atoms with Gasteiger partial charge in [-0.15, -0.1) is 0 Å². The summed E-state index contributed by atoms with van der Waals surface area (Å²) in [5, 5.41) is 5.45. The molecule has 3 aromatic rings. The molecule has 2 aromatic carbocycles. The Bertz CT molecular complexity index is 1090. The highest BCUT2D eigenvalue weighted by atomic mass is 35.5. The molecule has 1 amide bonds. The molecule has 0 saturated heterocycles. The third-order valence-corrected chi connectivity index (χ3v) is 7.61.